The molecular weight excluding hydrogens is 304 g/mol. The van der Waals surface area contributed by atoms with Crippen molar-refractivity contribution in [3.05, 3.63) is 23.8 Å². The third-order valence-electron chi connectivity index (χ3n) is 3.87. The first-order valence-electron chi connectivity index (χ1n) is 9.27. The summed E-state index contributed by atoms with van der Waals surface area (Å²) in [6, 6.07) is 5.44. The van der Waals surface area contributed by atoms with Gasteiger partial charge in [0.05, 0.1) is 19.6 Å². The molecule has 1 N–H and O–H groups in total. The van der Waals surface area contributed by atoms with E-state index in [0.29, 0.717) is 19.0 Å². The molecular formula is C20H32O4. The van der Waals surface area contributed by atoms with Crippen LogP contribution in [-0.4, -0.2) is 24.3 Å². The van der Waals surface area contributed by atoms with Crippen LogP contribution in [0.25, 0.3) is 0 Å². The zero-order valence-electron chi connectivity index (χ0n) is 15.2. The molecule has 1 aromatic rings. The summed E-state index contributed by atoms with van der Waals surface area (Å²) in [5.74, 6) is 0.550. The molecule has 0 aliphatic carbocycles. The van der Waals surface area contributed by atoms with E-state index in [-0.39, 0.29) is 6.42 Å². The first-order valence-corrected chi connectivity index (χ1v) is 9.27. The molecule has 0 amide bonds. The van der Waals surface area contributed by atoms with Crippen LogP contribution in [0.1, 0.15) is 70.8 Å². The third-order valence-corrected chi connectivity index (χ3v) is 3.87. The summed E-state index contributed by atoms with van der Waals surface area (Å²) in [6.07, 6.45) is 9.19. The van der Waals surface area contributed by atoms with Crippen LogP contribution in [-0.2, 0) is 11.2 Å². The molecule has 0 atom stereocenters. The molecule has 1 aromatic carbocycles. The number of unbranched alkanes of at least 4 members (excludes halogenated alkanes) is 6. The monoisotopic (exact) mass is 336 g/mol. The van der Waals surface area contributed by atoms with Gasteiger partial charge in [-0.3, -0.25) is 4.79 Å². The minimum atomic E-state index is -0.836. The van der Waals surface area contributed by atoms with Crippen LogP contribution in [0.2, 0.25) is 0 Å². The minimum absolute atomic E-state index is 0.00295. The fraction of sp³-hybridized carbons (Fsp3) is 0.650. The Morgan fingerprint density at radius 1 is 0.875 bits per heavy atom. The van der Waals surface area contributed by atoms with Gasteiger partial charge in [0.15, 0.2) is 11.5 Å². The summed E-state index contributed by atoms with van der Waals surface area (Å²) >= 11 is 0. The van der Waals surface area contributed by atoms with E-state index >= 15 is 0 Å². The van der Waals surface area contributed by atoms with E-state index in [2.05, 4.69) is 13.8 Å². The van der Waals surface area contributed by atoms with E-state index in [1.807, 2.05) is 6.07 Å². The lowest BCUT2D eigenvalue weighted by Gasteiger charge is -2.14. The summed E-state index contributed by atoms with van der Waals surface area (Å²) in [5, 5.41) is 8.95. The Balaban J connectivity index is 2.59. The average Bonchev–Trinajstić information content (AvgIpc) is 2.55. The van der Waals surface area contributed by atoms with E-state index in [4.69, 9.17) is 14.6 Å². The summed E-state index contributed by atoms with van der Waals surface area (Å²) in [4.78, 5) is 10.9. The minimum Gasteiger partial charge on any atom is -0.490 e. The first-order chi connectivity index (χ1) is 11.7. The van der Waals surface area contributed by atoms with Crippen molar-refractivity contribution in [3.63, 3.8) is 0 Å². The van der Waals surface area contributed by atoms with Crippen molar-refractivity contribution in [1.82, 2.24) is 0 Å². The van der Waals surface area contributed by atoms with Crippen molar-refractivity contribution in [2.24, 2.45) is 0 Å². The molecule has 136 valence electrons. The summed E-state index contributed by atoms with van der Waals surface area (Å²) in [5.41, 5.74) is 0.740. The molecule has 0 spiro atoms. The quantitative estimate of drug-likeness (QED) is 0.472. The number of aliphatic carboxylic acids is 1. The van der Waals surface area contributed by atoms with Crippen molar-refractivity contribution in [1.29, 1.82) is 0 Å². The zero-order chi connectivity index (χ0) is 17.6. The molecule has 0 saturated heterocycles. The van der Waals surface area contributed by atoms with Crippen LogP contribution in [0.15, 0.2) is 18.2 Å². The maximum atomic E-state index is 10.9. The highest BCUT2D eigenvalue weighted by Gasteiger charge is 2.09. The maximum absolute atomic E-state index is 10.9. The largest absolute Gasteiger partial charge is 0.490 e. The summed E-state index contributed by atoms with van der Waals surface area (Å²) in [6.45, 7) is 5.68. The van der Waals surface area contributed by atoms with E-state index < -0.39 is 5.97 Å². The first kappa shape index (κ1) is 20.3. The fourth-order valence-corrected chi connectivity index (χ4v) is 2.49. The van der Waals surface area contributed by atoms with Crippen LogP contribution in [0.4, 0.5) is 0 Å². The number of hydrogen-bond donors (Lipinski definition) is 1. The average molecular weight is 336 g/mol. The van der Waals surface area contributed by atoms with Crippen molar-refractivity contribution < 1.29 is 19.4 Å². The van der Waals surface area contributed by atoms with E-state index in [9.17, 15) is 4.79 Å². The highest BCUT2D eigenvalue weighted by molar-refractivity contribution is 5.70. The highest BCUT2D eigenvalue weighted by Crippen LogP contribution is 2.29. The Morgan fingerprint density at radius 3 is 2.00 bits per heavy atom. The van der Waals surface area contributed by atoms with Gasteiger partial charge in [-0.15, -0.1) is 0 Å². The summed E-state index contributed by atoms with van der Waals surface area (Å²) < 4.78 is 11.7. The third kappa shape index (κ3) is 8.80. The van der Waals surface area contributed by atoms with Gasteiger partial charge in [-0.1, -0.05) is 58.4 Å². The van der Waals surface area contributed by atoms with Crippen LogP contribution in [0.3, 0.4) is 0 Å². The number of carboxylic acid groups (broad SMARTS) is 1. The van der Waals surface area contributed by atoms with Crippen LogP contribution < -0.4 is 9.47 Å². The van der Waals surface area contributed by atoms with E-state index in [0.717, 1.165) is 30.6 Å². The predicted molar refractivity (Wildman–Crippen MR) is 97.1 cm³/mol. The van der Waals surface area contributed by atoms with Gasteiger partial charge < -0.3 is 14.6 Å². The SMILES string of the molecule is CCCCCCOc1ccc(CC(=O)O)cc1OCCCCCC. The number of ether oxygens (including phenoxy) is 2. The van der Waals surface area contributed by atoms with Crippen molar-refractivity contribution in [2.75, 3.05) is 13.2 Å². The normalized spacial score (nSPS) is 10.6. The Morgan fingerprint density at radius 2 is 1.46 bits per heavy atom. The zero-order valence-corrected chi connectivity index (χ0v) is 15.2. The number of rotatable bonds is 14. The van der Waals surface area contributed by atoms with Gasteiger partial charge in [0.1, 0.15) is 0 Å². The van der Waals surface area contributed by atoms with Gasteiger partial charge in [-0.25, -0.2) is 0 Å². The molecule has 0 unspecified atom stereocenters. The molecule has 4 heteroatoms. The van der Waals surface area contributed by atoms with Gasteiger partial charge in [0, 0.05) is 0 Å². The predicted octanol–water partition coefficient (Wildman–Crippen LogP) is 5.23. The Kier molecular flexibility index (Phi) is 10.7. The second kappa shape index (κ2) is 12.7. The van der Waals surface area contributed by atoms with Crippen molar-refractivity contribution >= 4 is 5.97 Å². The van der Waals surface area contributed by atoms with E-state index in [1.54, 1.807) is 12.1 Å². The standard InChI is InChI=1S/C20H32O4/c1-3-5-7-9-13-23-18-12-11-17(16-20(21)22)15-19(18)24-14-10-8-6-4-2/h11-12,15H,3-10,13-14,16H2,1-2H3,(H,21,22). The lowest BCUT2D eigenvalue weighted by molar-refractivity contribution is -0.136. The van der Waals surface area contributed by atoms with Crippen LogP contribution in [0.5, 0.6) is 11.5 Å². The van der Waals surface area contributed by atoms with E-state index in [1.165, 1.54) is 32.1 Å². The number of hydrogen-bond acceptors (Lipinski definition) is 3. The number of carboxylic acids is 1. The molecule has 24 heavy (non-hydrogen) atoms. The molecule has 1 rings (SSSR count). The fourth-order valence-electron chi connectivity index (χ4n) is 2.49. The van der Waals surface area contributed by atoms with Gasteiger partial charge in [0.2, 0.25) is 0 Å². The second-order valence-corrected chi connectivity index (χ2v) is 6.17. The molecule has 0 aliphatic heterocycles. The lowest BCUT2D eigenvalue weighted by Crippen LogP contribution is -2.05. The summed E-state index contributed by atoms with van der Waals surface area (Å²) in [7, 11) is 0. The number of carbonyl (C=O) groups is 1. The molecule has 0 radical (unpaired) electrons. The van der Waals surface area contributed by atoms with Crippen molar-refractivity contribution in [3.8, 4) is 11.5 Å². The maximum Gasteiger partial charge on any atom is 0.307 e. The van der Waals surface area contributed by atoms with Gasteiger partial charge >= 0.3 is 5.97 Å². The van der Waals surface area contributed by atoms with Gasteiger partial charge in [-0.2, -0.15) is 0 Å². The number of benzene rings is 1. The van der Waals surface area contributed by atoms with Crippen LogP contribution >= 0.6 is 0 Å². The molecule has 0 aromatic heterocycles. The van der Waals surface area contributed by atoms with Crippen LogP contribution in [0, 0.1) is 0 Å². The topological polar surface area (TPSA) is 55.8 Å². The second-order valence-electron chi connectivity index (χ2n) is 6.17. The molecule has 0 fully saturated rings. The molecule has 4 nitrogen and oxygen atoms in total. The Hall–Kier alpha value is -1.71. The molecule has 0 bridgehead atoms. The lowest BCUT2D eigenvalue weighted by atomic mass is 10.1. The molecule has 0 saturated carbocycles. The molecule has 0 heterocycles. The van der Waals surface area contributed by atoms with Gasteiger partial charge in [0.25, 0.3) is 0 Å². The molecule has 0 aliphatic rings. The smallest absolute Gasteiger partial charge is 0.307 e. The Labute approximate surface area is 146 Å². The highest BCUT2D eigenvalue weighted by atomic mass is 16.5. The van der Waals surface area contributed by atoms with Crippen molar-refractivity contribution in [2.45, 2.75) is 71.6 Å². The Bertz CT molecular complexity index is 471. The van der Waals surface area contributed by atoms with Gasteiger partial charge in [-0.05, 0) is 30.5 Å².